The van der Waals surface area contributed by atoms with Crippen molar-refractivity contribution in [1.29, 1.82) is 0 Å². The number of thioether (sulfide) groups is 1. The third-order valence-electron chi connectivity index (χ3n) is 1.74. The van der Waals surface area contributed by atoms with Gasteiger partial charge in [-0.3, -0.25) is 0 Å². The molecule has 0 unspecified atom stereocenters. The largest absolute Gasteiger partial charge is 0.360 e. The zero-order chi connectivity index (χ0) is 10.2. The maximum absolute atomic E-state index is 4.39. The Bertz CT molecular complexity index is 250. The molecule has 0 saturated carbocycles. The van der Waals surface area contributed by atoms with E-state index in [-0.39, 0.29) is 0 Å². The van der Waals surface area contributed by atoms with E-state index >= 15 is 0 Å². The molecule has 0 spiro atoms. The minimum absolute atomic E-state index is 0.967. The van der Waals surface area contributed by atoms with Gasteiger partial charge in [-0.2, -0.15) is 16.1 Å². The van der Waals surface area contributed by atoms with Gasteiger partial charge in [0.15, 0.2) is 0 Å². The van der Waals surface area contributed by atoms with Crippen molar-refractivity contribution in [3.63, 3.8) is 0 Å². The second kappa shape index (κ2) is 7.06. The lowest BCUT2D eigenvalue weighted by Crippen LogP contribution is -2.02. The van der Waals surface area contributed by atoms with Crippen LogP contribution in [-0.4, -0.2) is 27.9 Å². The Morgan fingerprint density at radius 1 is 1.50 bits per heavy atom. The van der Waals surface area contributed by atoms with Crippen LogP contribution in [0.25, 0.3) is 0 Å². The van der Waals surface area contributed by atoms with Gasteiger partial charge in [-0.1, -0.05) is 6.92 Å². The van der Waals surface area contributed by atoms with Crippen molar-refractivity contribution < 1.29 is 0 Å². The van der Waals surface area contributed by atoms with Crippen LogP contribution >= 0.6 is 23.3 Å². The maximum atomic E-state index is 4.39. The summed E-state index contributed by atoms with van der Waals surface area (Å²) in [6.07, 6.45) is 5.42. The average Bonchev–Trinajstić information content (AvgIpc) is 2.61. The Balaban J connectivity index is 2.22. The lowest BCUT2D eigenvalue weighted by atomic mass is 10.3. The van der Waals surface area contributed by atoms with E-state index in [4.69, 9.17) is 0 Å². The van der Waals surface area contributed by atoms with Crippen LogP contribution in [-0.2, 0) is 6.42 Å². The number of hydrogen-bond donors (Lipinski definition) is 1. The van der Waals surface area contributed by atoms with E-state index in [0.29, 0.717) is 0 Å². The monoisotopic (exact) mass is 231 g/mol. The van der Waals surface area contributed by atoms with Crippen molar-refractivity contribution in [2.75, 3.05) is 23.9 Å². The van der Waals surface area contributed by atoms with Crippen molar-refractivity contribution in [2.45, 2.75) is 26.2 Å². The highest BCUT2D eigenvalue weighted by atomic mass is 32.2. The van der Waals surface area contributed by atoms with Gasteiger partial charge in [0, 0.05) is 24.5 Å². The average molecular weight is 231 g/mol. The zero-order valence-corrected chi connectivity index (χ0v) is 10.4. The minimum Gasteiger partial charge on any atom is -0.360 e. The number of nitrogens with one attached hydrogen (secondary N) is 1. The molecule has 80 valence electrons. The van der Waals surface area contributed by atoms with Crippen LogP contribution < -0.4 is 5.32 Å². The number of hydrogen-bond acceptors (Lipinski definition) is 5. The molecular formula is C9H17N3S2. The van der Waals surface area contributed by atoms with Crippen LogP contribution in [0.5, 0.6) is 0 Å². The van der Waals surface area contributed by atoms with E-state index in [2.05, 4.69) is 27.9 Å². The molecule has 0 bridgehead atoms. The molecule has 3 nitrogen and oxygen atoms in total. The van der Waals surface area contributed by atoms with Crippen molar-refractivity contribution >= 4 is 28.4 Å². The first kappa shape index (κ1) is 11.8. The van der Waals surface area contributed by atoms with Gasteiger partial charge in [0.2, 0.25) is 5.13 Å². The van der Waals surface area contributed by atoms with Crippen LogP contribution in [0, 0.1) is 0 Å². The molecule has 0 radical (unpaired) electrons. The molecule has 0 aliphatic heterocycles. The van der Waals surface area contributed by atoms with Gasteiger partial charge in [-0.15, -0.1) is 0 Å². The summed E-state index contributed by atoms with van der Waals surface area (Å²) in [6.45, 7) is 3.15. The molecule has 14 heavy (non-hydrogen) atoms. The summed E-state index contributed by atoms with van der Waals surface area (Å²) < 4.78 is 4.27. The van der Waals surface area contributed by atoms with Crippen LogP contribution in [0.15, 0.2) is 0 Å². The highest BCUT2D eigenvalue weighted by Gasteiger charge is 2.01. The molecule has 0 fully saturated rings. The van der Waals surface area contributed by atoms with Gasteiger partial charge in [0.25, 0.3) is 0 Å². The van der Waals surface area contributed by atoms with E-state index in [1.807, 2.05) is 11.8 Å². The highest BCUT2D eigenvalue weighted by Crippen LogP contribution is 2.12. The van der Waals surface area contributed by atoms with Crippen LogP contribution in [0.1, 0.15) is 25.6 Å². The molecule has 1 N–H and O–H groups in total. The first-order valence-corrected chi connectivity index (χ1v) is 7.09. The molecule has 0 saturated heterocycles. The molecule has 0 atom stereocenters. The molecule has 1 aromatic heterocycles. The molecular weight excluding hydrogens is 214 g/mol. The van der Waals surface area contributed by atoms with E-state index in [1.165, 1.54) is 23.7 Å². The Kier molecular flexibility index (Phi) is 5.94. The molecule has 1 heterocycles. The number of nitrogens with zero attached hydrogens (tertiary/aromatic N) is 2. The standard InChI is InChI=1S/C9H17N3S2/c1-3-5-8-11-9(14-12-8)10-6-4-7-13-2/h3-7H2,1-2H3,(H,10,11,12). The summed E-state index contributed by atoms with van der Waals surface area (Å²) in [4.78, 5) is 4.39. The van der Waals surface area contributed by atoms with E-state index in [9.17, 15) is 0 Å². The van der Waals surface area contributed by atoms with E-state index in [1.54, 1.807) is 0 Å². The minimum atomic E-state index is 0.967. The number of anilines is 1. The lowest BCUT2D eigenvalue weighted by molar-refractivity contribution is 0.860. The normalized spacial score (nSPS) is 10.4. The summed E-state index contributed by atoms with van der Waals surface area (Å²) >= 11 is 3.35. The van der Waals surface area contributed by atoms with E-state index in [0.717, 1.165) is 30.3 Å². The predicted molar refractivity (Wildman–Crippen MR) is 65.4 cm³/mol. The number of aromatic nitrogens is 2. The van der Waals surface area contributed by atoms with Gasteiger partial charge >= 0.3 is 0 Å². The van der Waals surface area contributed by atoms with E-state index < -0.39 is 0 Å². The summed E-state index contributed by atoms with van der Waals surface area (Å²) in [5, 5.41) is 4.26. The smallest absolute Gasteiger partial charge is 0.202 e. The second-order valence-corrected chi connectivity index (χ2v) is 4.78. The molecule has 0 aliphatic rings. The number of rotatable bonds is 7. The van der Waals surface area contributed by atoms with Crippen molar-refractivity contribution in [3.05, 3.63) is 5.82 Å². The molecule has 0 aromatic carbocycles. The van der Waals surface area contributed by atoms with Gasteiger partial charge < -0.3 is 5.32 Å². The molecule has 0 aliphatic carbocycles. The topological polar surface area (TPSA) is 37.8 Å². The van der Waals surface area contributed by atoms with Gasteiger partial charge in [-0.25, -0.2) is 4.98 Å². The Morgan fingerprint density at radius 2 is 2.36 bits per heavy atom. The van der Waals surface area contributed by atoms with Crippen LogP contribution in [0.2, 0.25) is 0 Å². The Labute approximate surface area is 93.9 Å². The summed E-state index contributed by atoms with van der Waals surface area (Å²) in [6, 6.07) is 0. The first-order chi connectivity index (χ1) is 6.86. The van der Waals surface area contributed by atoms with Crippen molar-refractivity contribution in [2.24, 2.45) is 0 Å². The fourth-order valence-corrected chi connectivity index (χ4v) is 2.13. The predicted octanol–water partition coefficient (Wildman–Crippen LogP) is 2.66. The Hall–Kier alpha value is -0.290. The fourth-order valence-electron chi connectivity index (χ4n) is 1.06. The Morgan fingerprint density at radius 3 is 3.07 bits per heavy atom. The fraction of sp³-hybridized carbons (Fsp3) is 0.778. The molecule has 5 heteroatoms. The second-order valence-electron chi connectivity index (χ2n) is 3.04. The summed E-state index contributed by atoms with van der Waals surface area (Å²) in [5.41, 5.74) is 0. The van der Waals surface area contributed by atoms with Crippen LogP contribution in [0.3, 0.4) is 0 Å². The third-order valence-corrected chi connectivity index (χ3v) is 3.15. The summed E-state index contributed by atoms with van der Waals surface area (Å²) in [5.74, 6) is 2.18. The number of aryl methyl sites for hydroxylation is 1. The van der Waals surface area contributed by atoms with Crippen LogP contribution in [0.4, 0.5) is 5.13 Å². The maximum Gasteiger partial charge on any atom is 0.202 e. The SMILES string of the molecule is CCCc1nsc(NCCCSC)n1. The molecule has 1 rings (SSSR count). The quantitative estimate of drug-likeness (QED) is 0.732. The third kappa shape index (κ3) is 4.28. The van der Waals surface area contributed by atoms with Gasteiger partial charge in [0.05, 0.1) is 0 Å². The van der Waals surface area contributed by atoms with Gasteiger partial charge in [0.1, 0.15) is 5.82 Å². The molecule has 0 amide bonds. The first-order valence-electron chi connectivity index (χ1n) is 4.92. The van der Waals surface area contributed by atoms with Crippen molar-refractivity contribution in [1.82, 2.24) is 9.36 Å². The summed E-state index contributed by atoms with van der Waals surface area (Å²) in [7, 11) is 0. The highest BCUT2D eigenvalue weighted by molar-refractivity contribution is 7.98. The lowest BCUT2D eigenvalue weighted by Gasteiger charge is -1.99. The molecule has 1 aromatic rings. The zero-order valence-electron chi connectivity index (χ0n) is 8.75. The van der Waals surface area contributed by atoms with Gasteiger partial charge in [-0.05, 0) is 24.9 Å². The van der Waals surface area contributed by atoms with Crippen molar-refractivity contribution in [3.8, 4) is 0 Å².